The molecule has 2 aromatic rings. The summed E-state index contributed by atoms with van der Waals surface area (Å²) in [5.74, 6) is 1.30. The Hall–Kier alpha value is -2.37. The Morgan fingerprint density at radius 3 is 2.63 bits per heavy atom. The number of anilines is 1. The molecule has 0 atom stereocenters. The van der Waals surface area contributed by atoms with Crippen LogP contribution in [0.5, 0.6) is 0 Å². The van der Waals surface area contributed by atoms with Crippen LogP contribution in [0.3, 0.4) is 0 Å². The van der Waals surface area contributed by atoms with E-state index in [4.69, 9.17) is 5.73 Å². The summed E-state index contributed by atoms with van der Waals surface area (Å²) in [4.78, 5) is 11.3. The zero-order valence-corrected chi connectivity index (χ0v) is 11.1. The van der Waals surface area contributed by atoms with Gasteiger partial charge in [0, 0.05) is 19.2 Å². The van der Waals surface area contributed by atoms with Crippen LogP contribution >= 0.6 is 0 Å². The number of benzene rings is 1. The van der Waals surface area contributed by atoms with Gasteiger partial charge in [-0.3, -0.25) is 4.79 Å². The van der Waals surface area contributed by atoms with Crippen LogP contribution in [-0.2, 0) is 20.0 Å². The van der Waals surface area contributed by atoms with Crippen molar-refractivity contribution >= 4 is 11.6 Å². The van der Waals surface area contributed by atoms with Crippen molar-refractivity contribution in [3.63, 3.8) is 0 Å². The molecule has 1 amide bonds. The Labute approximate surface area is 111 Å². The molecule has 0 aliphatic rings. The van der Waals surface area contributed by atoms with Crippen LogP contribution in [0, 0.1) is 0 Å². The van der Waals surface area contributed by atoms with E-state index >= 15 is 0 Å². The van der Waals surface area contributed by atoms with E-state index in [1.165, 1.54) is 0 Å². The Morgan fingerprint density at radius 1 is 1.32 bits per heavy atom. The molecule has 0 aliphatic heterocycles. The number of hydrogen-bond acceptors (Lipinski definition) is 4. The first-order valence-electron chi connectivity index (χ1n) is 6.13. The molecule has 6 heteroatoms. The lowest BCUT2D eigenvalue weighted by molar-refractivity contribution is 0.100. The van der Waals surface area contributed by atoms with Gasteiger partial charge in [-0.05, 0) is 12.1 Å². The molecule has 3 N–H and O–H groups in total. The number of amides is 1. The minimum Gasteiger partial charge on any atom is -0.377 e. The highest BCUT2D eigenvalue weighted by Gasteiger charge is 2.09. The Kier molecular flexibility index (Phi) is 3.79. The fourth-order valence-electron chi connectivity index (χ4n) is 1.89. The average Bonchev–Trinajstić information content (AvgIpc) is 2.77. The van der Waals surface area contributed by atoms with Gasteiger partial charge in [0.1, 0.15) is 5.82 Å². The molecule has 100 valence electrons. The molecule has 1 aromatic heterocycles. The van der Waals surface area contributed by atoms with Crippen molar-refractivity contribution in [3.8, 4) is 0 Å². The first kappa shape index (κ1) is 13.1. The molecule has 0 saturated carbocycles. The molecule has 0 spiro atoms. The zero-order chi connectivity index (χ0) is 13.8. The topological polar surface area (TPSA) is 85.8 Å². The molecule has 0 radical (unpaired) electrons. The fraction of sp³-hybridized carbons (Fsp3) is 0.308. The van der Waals surface area contributed by atoms with Gasteiger partial charge in [0.15, 0.2) is 5.82 Å². The SMILES string of the molecule is CCc1nnc(CNc2ccccc2C(N)=O)n1C. The van der Waals surface area contributed by atoms with Gasteiger partial charge in [-0.25, -0.2) is 0 Å². The molecule has 6 nitrogen and oxygen atoms in total. The van der Waals surface area contributed by atoms with Gasteiger partial charge in [0.2, 0.25) is 0 Å². The molecule has 0 unspecified atom stereocenters. The van der Waals surface area contributed by atoms with Crippen LogP contribution in [0.4, 0.5) is 5.69 Å². The van der Waals surface area contributed by atoms with E-state index in [0.29, 0.717) is 17.8 Å². The highest BCUT2D eigenvalue weighted by molar-refractivity contribution is 5.98. The number of aromatic nitrogens is 3. The maximum atomic E-state index is 11.3. The third-order valence-electron chi connectivity index (χ3n) is 3.00. The molecule has 0 bridgehead atoms. The van der Waals surface area contributed by atoms with E-state index in [1.54, 1.807) is 12.1 Å². The second kappa shape index (κ2) is 5.51. The average molecular weight is 259 g/mol. The number of carbonyl (C=O) groups is 1. The van der Waals surface area contributed by atoms with E-state index in [-0.39, 0.29) is 0 Å². The molecule has 2 rings (SSSR count). The minimum absolute atomic E-state index is 0.449. The molecular weight excluding hydrogens is 242 g/mol. The van der Waals surface area contributed by atoms with Crippen LogP contribution in [0.2, 0.25) is 0 Å². The normalized spacial score (nSPS) is 10.4. The lowest BCUT2D eigenvalue weighted by atomic mass is 10.1. The number of nitrogens with one attached hydrogen (secondary N) is 1. The predicted octanol–water partition coefficient (Wildman–Crippen LogP) is 1.09. The van der Waals surface area contributed by atoms with Crippen LogP contribution in [0.15, 0.2) is 24.3 Å². The number of primary amides is 1. The Balaban J connectivity index is 2.14. The number of aryl methyl sites for hydroxylation is 1. The van der Waals surface area contributed by atoms with Crippen molar-refractivity contribution < 1.29 is 4.79 Å². The standard InChI is InChI=1S/C13H17N5O/c1-3-11-16-17-12(18(11)2)8-15-10-7-5-4-6-9(10)13(14)19/h4-7,15H,3,8H2,1-2H3,(H2,14,19). The van der Waals surface area contributed by atoms with Crippen molar-refractivity contribution in [1.82, 2.24) is 14.8 Å². The zero-order valence-electron chi connectivity index (χ0n) is 11.1. The van der Waals surface area contributed by atoms with Gasteiger partial charge in [-0.2, -0.15) is 0 Å². The summed E-state index contributed by atoms with van der Waals surface area (Å²) in [6.45, 7) is 2.53. The summed E-state index contributed by atoms with van der Waals surface area (Å²) in [5, 5.41) is 11.4. The first-order valence-corrected chi connectivity index (χ1v) is 6.13. The van der Waals surface area contributed by atoms with Crippen molar-refractivity contribution in [2.24, 2.45) is 12.8 Å². The first-order chi connectivity index (χ1) is 9.13. The van der Waals surface area contributed by atoms with Crippen molar-refractivity contribution in [1.29, 1.82) is 0 Å². The van der Waals surface area contributed by atoms with E-state index in [1.807, 2.05) is 30.7 Å². The van der Waals surface area contributed by atoms with Gasteiger partial charge < -0.3 is 15.6 Å². The Morgan fingerprint density at radius 2 is 2.00 bits per heavy atom. The number of rotatable bonds is 5. The minimum atomic E-state index is -0.449. The van der Waals surface area contributed by atoms with E-state index in [2.05, 4.69) is 15.5 Å². The lowest BCUT2D eigenvalue weighted by Gasteiger charge is -2.09. The maximum Gasteiger partial charge on any atom is 0.250 e. The van der Waals surface area contributed by atoms with E-state index in [9.17, 15) is 4.79 Å². The summed E-state index contributed by atoms with van der Waals surface area (Å²) < 4.78 is 1.94. The summed E-state index contributed by atoms with van der Waals surface area (Å²) >= 11 is 0. The number of nitrogens with zero attached hydrogens (tertiary/aromatic N) is 3. The van der Waals surface area contributed by atoms with Gasteiger partial charge >= 0.3 is 0 Å². The van der Waals surface area contributed by atoms with Crippen molar-refractivity contribution in [2.75, 3.05) is 5.32 Å². The lowest BCUT2D eigenvalue weighted by Crippen LogP contribution is -2.15. The molecule has 19 heavy (non-hydrogen) atoms. The second-order valence-corrected chi connectivity index (χ2v) is 4.21. The molecule has 1 aromatic carbocycles. The van der Waals surface area contributed by atoms with E-state index < -0.39 is 5.91 Å². The highest BCUT2D eigenvalue weighted by Crippen LogP contribution is 2.15. The molecule has 0 aliphatic carbocycles. The second-order valence-electron chi connectivity index (χ2n) is 4.21. The summed E-state index contributed by atoms with van der Waals surface area (Å²) in [7, 11) is 1.93. The largest absolute Gasteiger partial charge is 0.377 e. The summed E-state index contributed by atoms with van der Waals surface area (Å²) in [6, 6.07) is 7.14. The van der Waals surface area contributed by atoms with Gasteiger partial charge in [0.25, 0.3) is 5.91 Å². The molecule has 1 heterocycles. The van der Waals surface area contributed by atoms with Gasteiger partial charge in [0.05, 0.1) is 12.1 Å². The number of hydrogen-bond donors (Lipinski definition) is 2. The van der Waals surface area contributed by atoms with Crippen LogP contribution < -0.4 is 11.1 Å². The predicted molar refractivity (Wildman–Crippen MR) is 72.7 cm³/mol. The monoisotopic (exact) mass is 259 g/mol. The summed E-state index contributed by atoms with van der Waals surface area (Å²) in [5.41, 5.74) is 6.50. The third-order valence-corrected chi connectivity index (χ3v) is 3.00. The third kappa shape index (κ3) is 2.73. The Bertz CT molecular complexity index is 590. The van der Waals surface area contributed by atoms with Gasteiger partial charge in [-0.1, -0.05) is 19.1 Å². The summed E-state index contributed by atoms with van der Waals surface area (Å²) in [6.07, 6.45) is 0.835. The molecule has 0 fully saturated rings. The number of para-hydroxylation sites is 1. The molecule has 0 saturated heterocycles. The highest BCUT2D eigenvalue weighted by atomic mass is 16.1. The van der Waals surface area contributed by atoms with Crippen LogP contribution in [0.25, 0.3) is 0 Å². The van der Waals surface area contributed by atoms with Crippen LogP contribution in [-0.4, -0.2) is 20.7 Å². The fourth-order valence-corrected chi connectivity index (χ4v) is 1.89. The number of nitrogens with two attached hydrogens (primary N) is 1. The smallest absolute Gasteiger partial charge is 0.250 e. The van der Waals surface area contributed by atoms with Crippen LogP contribution in [0.1, 0.15) is 28.9 Å². The quantitative estimate of drug-likeness (QED) is 0.841. The van der Waals surface area contributed by atoms with Crippen molar-refractivity contribution in [3.05, 3.63) is 41.5 Å². The van der Waals surface area contributed by atoms with Crippen molar-refractivity contribution in [2.45, 2.75) is 19.9 Å². The number of carbonyl (C=O) groups excluding carboxylic acids is 1. The maximum absolute atomic E-state index is 11.3. The molecular formula is C13H17N5O. The van der Waals surface area contributed by atoms with E-state index in [0.717, 1.165) is 18.1 Å². The van der Waals surface area contributed by atoms with Gasteiger partial charge in [-0.15, -0.1) is 10.2 Å².